The lowest BCUT2D eigenvalue weighted by Crippen LogP contribution is -2.15. The molecule has 0 bridgehead atoms. The highest BCUT2D eigenvalue weighted by Crippen LogP contribution is 2.21. The second kappa shape index (κ2) is 6.71. The maximum absolute atomic E-state index is 12.0. The largest absolute Gasteiger partial charge is 0.497 e. The summed E-state index contributed by atoms with van der Waals surface area (Å²) < 4.78 is 5.06. The average molecular weight is 300 g/mol. The van der Waals surface area contributed by atoms with Gasteiger partial charge in [-0.2, -0.15) is 0 Å². The fourth-order valence-corrected chi connectivity index (χ4v) is 2.02. The van der Waals surface area contributed by atoms with Crippen molar-refractivity contribution in [1.82, 2.24) is 0 Å². The number of nitro benzene ring substituents is 1. The van der Waals surface area contributed by atoms with Crippen LogP contribution in [0.25, 0.3) is 0 Å². The fraction of sp³-hybridized carbons (Fsp3) is 0.188. The Bertz CT molecular complexity index is 696. The van der Waals surface area contributed by atoms with E-state index < -0.39 is 4.92 Å². The molecule has 0 atom stereocenters. The Balaban J connectivity index is 2.03. The van der Waals surface area contributed by atoms with Crippen molar-refractivity contribution < 1.29 is 14.5 Å². The molecule has 0 saturated heterocycles. The van der Waals surface area contributed by atoms with E-state index in [0.29, 0.717) is 11.3 Å². The molecule has 0 aliphatic heterocycles. The Morgan fingerprint density at radius 3 is 2.45 bits per heavy atom. The molecule has 1 N–H and O–H groups in total. The topological polar surface area (TPSA) is 81.5 Å². The van der Waals surface area contributed by atoms with Crippen LogP contribution in [0.1, 0.15) is 11.1 Å². The molecule has 6 heteroatoms. The van der Waals surface area contributed by atoms with E-state index in [-0.39, 0.29) is 18.0 Å². The molecule has 0 unspecified atom stereocenters. The first-order chi connectivity index (χ1) is 10.5. The number of ether oxygens (including phenoxy) is 1. The minimum Gasteiger partial charge on any atom is -0.497 e. The highest BCUT2D eigenvalue weighted by atomic mass is 16.6. The Morgan fingerprint density at radius 2 is 1.91 bits per heavy atom. The maximum Gasteiger partial charge on any atom is 0.269 e. The van der Waals surface area contributed by atoms with Crippen molar-refractivity contribution >= 4 is 17.3 Å². The number of methoxy groups -OCH3 is 1. The van der Waals surface area contributed by atoms with Gasteiger partial charge in [-0.25, -0.2) is 0 Å². The highest BCUT2D eigenvalue weighted by Gasteiger charge is 2.10. The lowest BCUT2D eigenvalue weighted by molar-refractivity contribution is -0.384. The van der Waals surface area contributed by atoms with Crippen molar-refractivity contribution in [2.45, 2.75) is 13.3 Å². The molecule has 0 saturated carbocycles. The summed E-state index contributed by atoms with van der Waals surface area (Å²) in [5, 5.41) is 13.4. The summed E-state index contributed by atoms with van der Waals surface area (Å²) in [6.07, 6.45) is 0.223. The minimum absolute atomic E-state index is 0.00523. The van der Waals surface area contributed by atoms with Crippen LogP contribution in [0, 0.1) is 17.0 Å². The second-order valence-corrected chi connectivity index (χ2v) is 4.83. The van der Waals surface area contributed by atoms with Crippen LogP contribution in [0.2, 0.25) is 0 Å². The number of carbonyl (C=O) groups excluding carboxylic acids is 1. The lowest BCUT2D eigenvalue weighted by Gasteiger charge is -2.08. The third kappa shape index (κ3) is 3.82. The molecule has 0 heterocycles. The second-order valence-electron chi connectivity index (χ2n) is 4.83. The minimum atomic E-state index is -0.462. The average Bonchev–Trinajstić information content (AvgIpc) is 2.50. The SMILES string of the molecule is COc1ccc(CC(=O)Nc2ccc([N+](=O)[O-])cc2C)cc1. The zero-order chi connectivity index (χ0) is 16.1. The quantitative estimate of drug-likeness (QED) is 0.679. The van der Waals surface area contributed by atoms with Gasteiger partial charge >= 0.3 is 0 Å². The number of amides is 1. The molecule has 0 aliphatic rings. The van der Waals surface area contributed by atoms with E-state index >= 15 is 0 Å². The number of rotatable bonds is 5. The van der Waals surface area contributed by atoms with Gasteiger partial charge in [0, 0.05) is 17.8 Å². The summed E-state index contributed by atoms with van der Waals surface area (Å²) in [4.78, 5) is 22.3. The number of non-ortho nitro benzene ring substituents is 1. The van der Waals surface area contributed by atoms with Crippen molar-refractivity contribution in [3.8, 4) is 5.75 Å². The molecule has 114 valence electrons. The molecule has 0 aliphatic carbocycles. The van der Waals surface area contributed by atoms with Gasteiger partial charge in [0.05, 0.1) is 18.5 Å². The first kappa shape index (κ1) is 15.5. The fourth-order valence-electron chi connectivity index (χ4n) is 2.02. The summed E-state index contributed by atoms with van der Waals surface area (Å²) in [6.45, 7) is 1.72. The van der Waals surface area contributed by atoms with Crippen molar-refractivity contribution in [3.63, 3.8) is 0 Å². The summed E-state index contributed by atoms with van der Waals surface area (Å²) in [7, 11) is 1.58. The Morgan fingerprint density at radius 1 is 1.23 bits per heavy atom. The van der Waals surface area contributed by atoms with Gasteiger partial charge in [-0.1, -0.05) is 12.1 Å². The predicted molar refractivity (Wildman–Crippen MR) is 83.2 cm³/mol. The predicted octanol–water partition coefficient (Wildman–Crippen LogP) is 3.09. The summed E-state index contributed by atoms with van der Waals surface area (Å²) in [5.74, 6) is 0.553. The summed E-state index contributed by atoms with van der Waals surface area (Å²) in [5.41, 5.74) is 2.09. The van der Waals surface area contributed by atoms with E-state index in [1.165, 1.54) is 12.1 Å². The first-order valence-corrected chi connectivity index (χ1v) is 6.67. The van der Waals surface area contributed by atoms with E-state index in [1.807, 2.05) is 12.1 Å². The highest BCUT2D eigenvalue weighted by molar-refractivity contribution is 5.93. The molecule has 1 amide bonds. The summed E-state index contributed by atoms with van der Waals surface area (Å²) >= 11 is 0. The van der Waals surface area contributed by atoms with Gasteiger partial charge in [0.15, 0.2) is 0 Å². The molecular formula is C16H16N2O4. The van der Waals surface area contributed by atoms with E-state index in [1.54, 1.807) is 32.2 Å². The van der Waals surface area contributed by atoms with Crippen LogP contribution in [0.15, 0.2) is 42.5 Å². The van der Waals surface area contributed by atoms with Gasteiger partial charge in [-0.15, -0.1) is 0 Å². The van der Waals surface area contributed by atoms with Crippen LogP contribution in [0.3, 0.4) is 0 Å². The van der Waals surface area contributed by atoms with Crippen molar-refractivity contribution in [2.75, 3.05) is 12.4 Å². The van der Waals surface area contributed by atoms with Crippen molar-refractivity contribution in [1.29, 1.82) is 0 Å². The molecule has 0 aromatic heterocycles. The Labute approximate surface area is 127 Å². The number of hydrogen-bond acceptors (Lipinski definition) is 4. The third-order valence-electron chi connectivity index (χ3n) is 3.22. The smallest absolute Gasteiger partial charge is 0.269 e. The van der Waals surface area contributed by atoms with Crippen molar-refractivity contribution in [3.05, 3.63) is 63.7 Å². The number of nitrogens with one attached hydrogen (secondary N) is 1. The van der Waals surface area contributed by atoms with Crippen LogP contribution < -0.4 is 10.1 Å². The van der Waals surface area contributed by atoms with Crippen LogP contribution >= 0.6 is 0 Å². The van der Waals surface area contributed by atoms with E-state index in [2.05, 4.69) is 5.32 Å². The van der Waals surface area contributed by atoms with Gasteiger partial charge in [-0.05, 0) is 36.2 Å². The molecule has 2 aromatic rings. The number of nitro groups is 1. The van der Waals surface area contributed by atoms with Crippen LogP contribution in [-0.4, -0.2) is 17.9 Å². The van der Waals surface area contributed by atoms with Gasteiger partial charge in [0.2, 0.25) is 5.91 Å². The number of benzene rings is 2. The van der Waals surface area contributed by atoms with Gasteiger partial charge < -0.3 is 10.1 Å². The van der Waals surface area contributed by atoms with E-state index in [0.717, 1.165) is 11.3 Å². The maximum atomic E-state index is 12.0. The molecule has 6 nitrogen and oxygen atoms in total. The number of aryl methyl sites for hydroxylation is 1. The van der Waals surface area contributed by atoms with Crippen molar-refractivity contribution in [2.24, 2.45) is 0 Å². The number of hydrogen-bond donors (Lipinski definition) is 1. The van der Waals surface area contributed by atoms with Crippen LogP contribution in [0.4, 0.5) is 11.4 Å². The third-order valence-corrected chi connectivity index (χ3v) is 3.22. The van der Waals surface area contributed by atoms with Gasteiger partial charge in [-0.3, -0.25) is 14.9 Å². The van der Waals surface area contributed by atoms with E-state index in [9.17, 15) is 14.9 Å². The molecule has 0 fully saturated rings. The van der Waals surface area contributed by atoms with E-state index in [4.69, 9.17) is 4.74 Å². The summed E-state index contributed by atoms with van der Waals surface area (Å²) in [6, 6.07) is 11.6. The van der Waals surface area contributed by atoms with Crippen LogP contribution in [-0.2, 0) is 11.2 Å². The molecule has 22 heavy (non-hydrogen) atoms. The number of anilines is 1. The molecule has 0 spiro atoms. The Hall–Kier alpha value is -2.89. The number of nitrogens with zero attached hydrogens (tertiary/aromatic N) is 1. The molecule has 2 aromatic carbocycles. The lowest BCUT2D eigenvalue weighted by atomic mass is 10.1. The van der Waals surface area contributed by atoms with Gasteiger partial charge in [0.25, 0.3) is 5.69 Å². The first-order valence-electron chi connectivity index (χ1n) is 6.67. The molecular weight excluding hydrogens is 284 g/mol. The Kier molecular flexibility index (Phi) is 4.73. The zero-order valence-electron chi connectivity index (χ0n) is 12.3. The van der Waals surface area contributed by atoms with Crippen LogP contribution in [0.5, 0.6) is 5.75 Å². The standard InChI is InChI=1S/C16H16N2O4/c1-11-9-13(18(20)21)5-8-15(11)17-16(19)10-12-3-6-14(22-2)7-4-12/h3-9H,10H2,1-2H3,(H,17,19). The molecule has 2 rings (SSSR count). The van der Waals surface area contributed by atoms with Gasteiger partial charge in [0.1, 0.15) is 5.75 Å². The molecule has 0 radical (unpaired) electrons. The number of carbonyl (C=O) groups is 1. The zero-order valence-corrected chi connectivity index (χ0v) is 12.3. The normalized spacial score (nSPS) is 10.1. The monoisotopic (exact) mass is 300 g/mol.